The van der Waals surface area contributed by atoms with Crippen LogP contribution in [0.5, 0.6) is 0 Å². The number of sulfonamides is 1. The first-order valence-electron chi connectivity index (χ1n) is 8.45. The highest BCUT2D eigenvalue weighted by molar-refractivity contribution is 7.89. The molecule has 1 N–H and O–H groups in total. The zero-order valence-corrected chi connectivity index (χ0v) is 17.3. The number of amides is 1. The molecular weight excluding hydrogens is 388 g/mol. The van der Waals surface area contributed by atoms with Crippen molar-refractivity contribution in [3.8, 4) is 0 Å². The molecule has 1 aromatic carbocycles. The third kappa shape index (κ3) is 4.58. The summed E-state index contributed by atoms with van der Waals surface area (Å²) >= 11 is 6.12. The second-order valence-electron chi connectivity index (χ2n) is 5.96. The van der Waals surface area contributed by atoms with E-state index in [-0.39, 0.29) is 15.5 Å². The Morgan fingerprint density at radius 1 is 1.19 bits per heavy atom. The lowest BCUT2D eigenvalue weighted by Crippen LogP contribution is -2.31. The summed E-state index contributed by atoms with van der Waals surface area (Å²) in [4.78, 5) is 18.6. The molecule has 2 rings (SSSR count). The SMILES string of the molecule is CCN(CC)S(=O)(=O)c1cc(C(=O)Nc2cccnc2N(C)C)ccc1Cl. The first kappa shape index (κ1) is 21.1. The van der Waals surface area contributed by atoms with Crippen LogP contribution in [-0.4, -0.2) is 50.8 Å². The number of nitrogens with zero attached hydrogens (tertiary/aromatic N) is 3. The van der Waals surface area contributed by atoms with Crippen molar-refractivity contribution in [3.05, 3.63) is 47.1 Å². The van der Waals surface area contributed by atoms with Crippen molar-refractivity contribution in [3.63, 3.8) is 0 Å². The fourth-order valence-corrected chi connectivity index (χ4v) is 4.55. The van der Waals surface area contributed by atoms with Gasteiger partial charge in [-0.25, -0.2) is 13.4 Å². The zero-order valence-electron chi connectivity index (χ0n) is 15.7. The van der Waals surface area contributed by atoms with Crippen LogP contribution < -0.4 is 10.2 Å². The van der Waals surface area contributed by atoms with Gasteiger partial charge >= 0.3 is 0 Å². The number of nitrogens with one attached hydrogen (secondary N) is 1. The lowest BCUT2D eigenvalue weighted by molar-refractivity contribution is 0.102. The van der Waals surface area contributed by atoms with Crippen molar-refractivity contribution < 1.29 is 13.2 Å². The maximum Gasteiger partial charge on any atom is 0.255 e. The Morgan fingerprint density at radius 3 is 2.44 bits per heavy atom. The minimum absolute atomic E-state index is 0.0776. The zero-order chi connectivity index (χ0) is 20.2. The summed E-state index contributed by atoms with van der Waals surface area (Å²) in [6, 6.07) is 7.65. The van der Waals surface area contributed by atoms with E-state index in [1.165, 1.54) is 22.5 Å². The summed E-state index contributed by atoms with van der Waals surface area (Å²) < 4.78 is 26.9. The molecule has 146 valence electrons. The summed E-state index contributed by atoms with van der Waals surface area (Å²) in [5.74, 6) is 0.148. The molecule has 27 heavy (non-hydrogen) atoms. The van der Waals surface area contributed by atoms with E-state index >= 15 is 0 Å². The van der Waals surface area contributed by atoms with Gasteiger partial charge in [-0.3, -0.25) is 4.79 Å². The van der Waals surface area contributed by atoms with Crippen molar-refractivity contribution in [2.75, 3.05) is 37.4 Å². The average molecular weight is 411 g/mol. The molecule has 7 nitrogen and oxygen atoms in total. The molecule has 0 aliphatic carbocycles. The molecule has 0 atom stereocenters. The molecule has 0 bridgehead atoms. The standard InChI is InChI=1S/C18H23ClN4O3S/c1-5-23(6-2)27(25,26)16-12-13(9-10-14(16)19)18(24)21-15-8-7-11-20-17(15)22(3)4/h7-12H,5-6H2,1-4H3,(H,21,24). The van der Waals surface area contributed by atoms with Gasteiger partial charge in [-0.1, -0.05) is 25.4 Å². The fraction of sp³-hybridized carbons (Fsp3) is 0.333. The number of carbonyl (C=O) groups is 1. The quantitative estimate of drug-likeness (QED) is 0.758. The van der Waals surface area contributed by atoms with Gasteiger partial charge < -0.3 is 10.2 Å². The maximum absolute atomic E-state index is 12.8. The Morgan fingerprint density at radius 2 is 1.85 bits per heavy atom. The largest absolute Gasteiger partial charge is 0.361 e. The summed E-state index contributed by atoms with van der Waals surface area (Å²) in [7, 11) is -0.152. The van der Waals surface area contributed by atoms with E-state index in [0.717, 1.165) is 0 Å². The first-order chi connectivity index (χ1) is 12.7. The predicted molar refractivity (Wildman–Crippen MR) is 108 cm³/mol. The highest BCUT2D eigenvalue weighted by Gasteiger charge is 2.25. The van der Waals surface area contributed by atoms with Gasteiger partial charge in [0, 0.05) is 38.9 Å². The molecule has 1 amide bonds. The summed E-state index contributed by atoms with van der Waals surface area (Å²) in [5.41, 5.74) is 0.717. The number of rotatable bonds is 7. The molecule has 0 aliphatic rings. The van der Waals surface area contributed by atoms with Gasteiger partial charge in [-0.15, -0.1) is 0 Å². The van der Waals surface area contributed by atoms with Crippen LogP contribution in [0.2, 0.25) is 5.02 Å². The molecule has 0 saturated carbocycles. The van der Waals surface area contributed by atoms with Crippen LogP contribution in [0.25, 0.3) is 0 Å². The summed E-state index contributed by atoms with van der Waals surface area (Å²) in [6.07, 6.45) is 1.63. The second kappa shape index (κ2) is 8.69. The number of benzene rings is 1. The van der Waals surface area contributed by atoms with E-state index in [9.17, 15) is 13.2 Å². The van der Waals surface area contributed by atoms with Crippen LogP contribution in [0.1, 0.15) is 24.2 Å². The van der Waals surface area contributed by atoms with Crippen LogP contribution in [0.3, 0.4) is 0 Å². The van der Waals surface area contributed by atoms with Gasteiger partial charge in [-0.2, -0.15) is 4.31 Å². The van der Waals surface area contributed by atoms with Crippen molar-refractivity contribution in [1.29, 1.82) is 0 Å². The van der Waals surface area contributed by atoms with E-state index in [4.69, 9.17) is 11.6 Å². The van der Waals surface area contributed by atoms with Crippen molar-refractivity contribution in [1.82, 2.24) is 9.29 Å². The third-order valence-electron chi connectivity index (χ3n) is 3.98. The molecule has 1 aromatic heterocycles. The van der Waals surface area contributed by atoms with Gasteiger partial charge in [-0.05, 0) is 30.3 Å². The Kier molecular flexibility index (Phi) is 6.80. The number of halogens is 1. The second-order valence-corrected chi connectivity index (χ2v) is 8.27. The van der Waals surface area contributed by atoms with Gasteiger partial charge in [0.05, 0.1) is 10.7 Å². The number of aromatic nitrogens is 1. The molecule has 0 unspecified atom stereocenters. The lowest BCUT2D eigenvalue weighted by atomic mass is 10.2. The Bertz CT molecular complexity index is 928. The highest BCUT2D eigenvalue weighted by Crippen LogP contribution is 2.27. The number of carbonyl (C=O) groups excluding carboxylic acids is 1. The maximum atomic E-state index is 12.8. The van der Waals surface area contributed by atoms with Crippen LogP contribution in [0, 0.1) is 0 Å². The van der Waals surface area contributed by atoms with Crippen molar-refractivity contribution in [2.24, 2.45) is 0 Å². The molecule has 1 heterocycles. The van der Waals surface area contributed by atoms with Gasteiger partial charge in [0.2, 0.25) is 10.0 Å². The highest BCUT2D eigenvalue weighted by atomic mass is 35.5. The first-order valence-corrected chi connectivity index (χ1v) is 10.3. The van der Waals surface area contributed by atoms with E-state index < -0.39 is 15.9 Å². The third-order valence-corrected chi connectivity index (χ3v) is 6.51. The molecule has 0 aliphatic heterocycles. The minimum Gasteiger partial charge on any atom is -0.361 e. The van der Waals surface area contributed by atoms with Gasteiger partial charge in [0.15, 0.2) is 5.82 Å². The number of hydrogen-bond donors (Lipinski definition) is 1. The molecule has 2 aromatic rings. The average Bonchev–Trinajstić information content (AvgIpc) is 2.62. The minimum atomic E-state index is -3.78. The predicted octanol–water partition coefficient (Wildman–Crippen LogP) is 3.08. The normalized spacial score (nSPS) is 11.5. The van der Waals surface area contributed by atoms with E-state index in [1.54, 1.807) is 37.1 Å². The number of anilines is 2. The summed E-state index contributed by atoms with van der Waals surface area (Å²) in [5, 5.41) is 2.85. The van der Waals surface area contributed by atoms with E-state index in [1.807, 2.05) is 14.1 Å². The summed E-state index contributed by atoms with van der Waals surface area (Å²) in [6.45, 7) is 4.12. The van der Waals surface area contributed by atoms with Crippen molar-refractivity contribution >= 4 is 39.0 Å². The molecule has 0 spiro atoms. The van der Waals surface area contributed by atoms with Gasteiger partial charge in [0.1, 0.15) is 4.90 Å². The molecule has 9 heteroatoms. The fourth-order valence-electron chi connectivity index (χ4n) is 2.59. The Labute approximate surface area is 165 Å². The van der Waals surface area contributed by atoms with E-state index in [2.05, 4.69) is 10.3 Å². The lowest BCUT2D eigenvalue weighted by Gasteiger charge is -2.20. The van der Waals surface area contributed by atoms with E-state index in [0.29, 0.717) is 24.6 Å². The molecule has 0 saturated heterocycles. The van der Waals surface area contributed by atoms with Crippen LogP contribution >= 0.6 is 11.6 Å². The Hall–Kier alpha value is -2.16. The topological polar surface area (TPSA) is 82.6 Å². The van der Waals surface area contributed by atoms with Crippen LogP contribution in [-0.2, 0) is 10.0 Å². The van der Waals surface area contributed by atoms with Crippen molar-refractivity contribution in [2.45, 2.75) is 18.7 Å². The molecule has 0 radical (unpaired) electrons. The number of hydrogen-bond acceptors (Lipinski definition) is 5. The Balaban J connectivity index is 2.40. The van der Waals surface area contributed by atoms with Crippen LogP contribution in [0.15, 0.2) is 41.4 Å². The molecular formula is C18H23ClN4O3S. The van der Waals surface area contributed by atoms with Gasteiger partial charge in [0.25, 0.3) is 5.91 Å². The molecule has 0 fully saturated rings. The number of pyridine rings is 1. The van der Waals surface area contributed by atoms with Crippen LogP contribution in [0.4, 0.5) is 11.5 Å². The monoisotopic (exact) mass is 410 g/mol. The smallest absolute Gasteiger partial charge is 0.255 e.